The molecule has 2 fully saturated rings. The zero-order valence-corrected chi connectivity index (χ0v) is 24.0. The maximum Gasteiger partial charge on any atom is 0.243 e. The highest BCUT2D eigenvalue weighted by molar-refractivity contribution is 8.00. The fraction of sp³-hybridized carbons (Fsp3) is 0.444. The van der Waals surface area contributed by atoms with Crippen LogP contribution in [0.15, 0.2) is 58.5 Å². The van der Waals surface area contributed by atoms with Crippen LogP contribution in [0.5, 0.6) is 5.75 Å². The van der Waals surface area contributed by atoms with Crippen LogP contribution in [-0.2, 0) is 19.6 Å². The van der Waals surface area contributed by atoms with Gasteiger partial charge in [-0.1, -0.05) is 23.9 Å². The molecule has 1 amide bonds. The standard InChI is InChI=1S/C27H33N5O5S2/c1-19-16-31(17-20(2)37-19)26-27(29-24-7-5-4-6-23(24)28-26)38-18-25(33)30-12-14-32(15-13-30)39(34,35)22-10-8-21(36-3)9-11-22/h4-11,19-20H,12-18H2,1-3H3. The molecule has 2 aliphatic rings. The Morgan fingerprint density at radius 3 is 2.21 bits per heavy atom. The predicted octanol–water partition coefficient (Wildman–Crippen LogP) is 2.88. The number of rotatable bonds is 7. The molecule has 10 nitrogen and oxygen atoms in total. The van der Waals surface area contributed by atoms with Crippen LogP contribution in [0.25, 0.3) is 11.0 Å². The van der Waals surface area contributed by atoms with Crippen LogP contribution < -0.4 is 9.64 Å². The Morgan fingerprint density at radius 1 is 0.974 bits per heavy atom. The number of para-hydroxylation sites is 2. The van der Waals surface area contributed by atoms with Gasteiger partial charge in [-0.05, 0) is 50.2 Å². The van der Waals surface area contributed by atoms with E-state index in [1.807, 2.05) is 38.1 Å². The molecule has 2 aliphatic heterocycles. The first kappa shape index (κ1) is 27.6. The molecule has 39 heavy (non-hydrogen) atoms. The molecule has 5 rings (SSSR count). The van der Waals surface area contributed by atoms with E-state index in [0.717, 1.165) is 16.9 Å². The van der Waals surface area contributed by atoms with Gasteiger partial charge in [-0.3, -0.25) is 4.79 Å². The Labute approximate surface area is 233 Å². The summed E-state index contributed by atoms with van der Waals surface area (Å²) in [6.07, 6.45) is 0.124. The van der Waals surface area contributed by atoms with Crippen molar-refractivity contribution < 1.29 is 22.7 Å². The number of amides is 1. The van der Waals surface area contributed by atoms with Gasteiger partial charge in [0.05, 0.1) is 41.0 Å². The van der Waals surface area contributed by atoms with Gasteiger partial charge in [0.25, 0.3) is 0 Å². The predicted molar refractivity (Wildman–Crippen MR) is 151 cm³/mol. The minimum Gasteiger partial charge on any atom is -0.497 e. The molecule has 2 unspecified atom stereocenters. The number of methoxy groups -OCH3 is 1. The van der Waals surface area contributed by atoms with Crippen LogP contribution in [0.1, 0.15) is 13.8 Å². The SMILES string of the molecule is COc1ccc(S(=O)(=O)N2CCN(C(=O)CSc3nc4ccccc4nc3N3CC(C)OC(C)C3)CC2)cc1. The van der Waals surface area contributed by atoms with Crippen molar-refractivity contribution >= 4 is 44.5 Å². The first-order chi connectivity index (χ1) is 18.7. The van der Waals surface area contributed by atoms with Gasteiger partial charge in [-0.15, -0.1) is 0 Å². The summed E-state index contributed by atoms with van der Waals surface area (Å²) in [5, 5.41) is 0.712. The van der Waals surface area contributed by atoms with Crippen molar-refractivity contribution in [2.75, 3.05) is 57.0 Å². The maximum atomic E-state index is 13.2. The highest BCUT2D eigenvalue weighted by Gasteiger charge is 2.31. The number of carbonyl (C=O) groups is 1. The van der Waals surface area contributed by atoms with Crippen LogP contribution in [0.4, 0.5) is 5.82 Å². The lowest BCUT2D eigenvalue weighted by atomic mass is 10.2. The molecular weight excluding hydrogens is 538 g/mol. The maximum absolute atomic E-state index is 13.2. The smallest absolute Gasteiger partial charge is 0.243 e. The summed E-state index contributed by atoms with van der Waals surface area (Å²) in [5.74, 6) is 1.51. The number of ether oxygens (including phenoxy) is 2. The number of aromatic nitrogens is 2. The minimum atomic E-state index is -3.64. The summed E-state index contributed by atoms with van der Waals surface area (Å²) >= 11 is 1.38. The lowest BCUT2D eigenvalue weighted by molar-refractivity contribution is -0.129. The summed E-state index contributed by atoms with van der Waals surface area (Å²) in [7, 11) is -2.10. The third-order valence-electron chi connectivity index (χ3n) is 6.86. The Balaban J connectivity index is 1.25. The Bertz CT molecular complexity index is 1420. The van der Waals surface area contributed by atoms with E-state index in [-0.39, 0.29) is 41.9 Å². The zero-order chi connectivity index (χ0) is 27.6. The van der Waals surface area contributed by atoms with E-state index in [4.69, 9.17) is 19.4 Å². The van der Waals surface area contributed by atoms with Crippen molar-refractivity contribution in [3.63, 3.8) is 0 Å². The van der Waals surface area contributed by atoms with Crippen molar-refractivity contribution in [1.82, 2.24) is 19.2 Å². The number of fused-ring (bicyclic) bond motifs is 1. The number of piperazine rings is 1. The molecule has 0 spiro atoms. The van der Waals surface area contributed by atoms with E-state index in [9.17, 15) is 13.2 Å². The number of benzene rings is 2. The van der Waals surface area contributed by atoms with Gasteiger partial charge in [0, 0.05) is 39.3 Å². The van der Waals surface area contributed by atoms with E-state index >= 15 is 0 Å². The largest absolute Gasteiger partial charge is 0.497 e. The Hall–Kier alpha value is -2.93. The average molecular weight is 572 g/mol. The Kier molecular flexibility index (Phi) is 8.27. The molecule has 0 bridgehead atoms. The third-order valence-corrected chi connectivity index (χ3v) is 9.71. The van der Waals surface area contributed by atoms with Crippen molar-refractivity contribution in [2.24, 2.45) is 0 Å². The summed E-state index contributed by atoms with van der Waals surface area (Å²) in [5.41, 5.74) is 1.59. The molecule has 0 radical (unpaired) electrons. The lowest BCUT2D eigenvalue weighted by Crippen LogP contribution is -2.51. The third kappa shape index (κ3) is 6.13. The van der Waals surface area contributed by atoms with Crippen LogP contribution in [0.2, 0.25) is 0 Å². The number of nitrogens with zero attached hydrogens (tertiary/aromatic N) is 5. The fourth-order valence-corrected chi connectivity index (χ4v) is 7.26. The average Bonchev–Trinajstić information content (AvgIpc) is 2.95. The number of carbonyl (C=O) groups excluding carboxylic acids is 1. The van der Waals surface area contributed by atoms with Gasteiger partial charge in [0.2, 0.25) is 15.9 Å². The van der Waals surface area contributed by atoms with Crippen LogP contribution in [-0.4, -0.2) is 97.8 Å². The second-order valence-electron chi connectivity index (χ2n) is 9.75. The molecule has 0 saturated carbocycles. The first-order valence-corrected chi connectivity index (χ1v) is 15.4. The van der Waals surface area contributed by atoms with Gasteiger partial charge >= 0.3 is 0 Å². The molecule has 2 aromatic carbocycles. The number of morpholine rings is 1. The highest BCUT2D eigenvalue weighted by Crippen LogP contribution is 2.31. The van der Waals surface area contributed by atoms with Crippen molar-refractivity contribution in [3.8, 4) is 5.75 Å². The van der Waals surface area contributed by atoms with Crippen molar-refractivity contribution in [2.45, 2.75) is 36.0 Å². The van der Waals surface area contributed by atoms with Crippen LogP contribution in [0.3, 0.4) is 0 Å². The molecule has 12 heteroatoms. The topological polar surface area (TPSA) is 105 Å². The Morgan fingerprint density at radius 2 is 1.59 bits per heavy atom. The van der Waals surface area contributed by atoms with E-state index in [2.05, 4.69) is 4.90 Å². The first-order valence-electron chi connectivity index (χ1n) is 13.0. The minimum absolute atomic E-state index is 0.0499. The summed E-state index contributed by atoms with van der Waals surface area (Å²) < 4.78 is 38.6. The van der Waals surface area contributed by atoms with Crippen molar-refractivity contribution in [1.29, 1.82) is 0 Å². The monoisotopic (exact) mass is 571 g/mol. The molecule has 2 atom stereocenters. The van der Waals surface area contributed by atoms with E-state index in [1.54, 1.807) is 29.2 Å². The van der Waals surface area contributed by atoms with Crippen LogP contribution in [0, 0.1) is 0 Å². The highest BCUT2D eigenvalue weighted by atomic mass is 32.2. The zero-order valence-electron chi connectivity index (χ0n) is 22.3. The van der Waals surface area contributed by atoms with Crippen LogP contribution >= 0.6 is 11.8 Å². The quantitative estimate of drug-likeness (QED) is 0.396. The summed E-state index contributed by atoms with van der Waals surface area (Å²) in [6, 6.07) is 14.1. The second kappa shape index (κ2) is 11.7. The van der Waals surface area contributed by atoms with E-state index in [0.29, 0.717) is 37.0 Å². The van der Waals surface area contributed by atoms with E-state index in [1.165, 1.54) is 23.2 Å². The summed E-state index contributed by atoms with van der Waals surface area (Å²) in [6.45, 7) is 6.65. The number of hydrogen-bond acceptors (Lipinski definition) is 9. The van der Waals surface area contributed by atoms with E-state index < -0.39 is 10.0 Å². The lowest BCUT2D eigenvalue weighted by Gasteiger charge is -2.36. The summed E-state index contributed by atoms with van der Waals surface area (Å²) in [4.78, 5) is 27.1. The molecule has 2 saturated heterocycles. The molecule has 208 valence electrons. The molecular formula is C27H33N5O5S2. The van der Waals surface area contributed by atoms with Crippen molar-refractivity contribution in [3.05, 3.63) is 48.5 Å². The number of hydrogen-bond donors (Lipinski definition) is 0. The second-order valence-corrected chi connectivity index (χ2v) is 12.7. The van der Waals surface area contributed by atoms with Gasteiger partial charge in [-0.25, -0.2) is 18.4 Å². The van der Waals surface area contributed by atoms with Gasteiger partial charge in [-0.2, -0.15) is 4.31 Å². The van der Waals surface area contributed by atoms with Gasteiger partial charge in [0.15, 0.2) is 5.82 Å². The molecule has 3 aromatic rings. The fourth-order valence-electron chi connectivity index (χ4n) is 4.92. The molecule has 1 aromatic heterocycles. The number of thioether (sulfide) groups is 1. The molecule has 0 N–H and O–H groups in total. The molecule has 0 aliphatic carbocycles. The molecule has 3 heterocycles. The van der Waals surface area contributed by atoms with Gasteiger partial charge in [0.1, 0.15) is 10.8 Å². The number of sulfonamides is 1. The normalized spacial score (nSPS) is 20.8. The van der Waals surface area contributed by atoms with Gasteiger partial charge < -0.3 is 19.3 Å². The number of anilines is 1.